The van der Waals surface area contributed by atoms with E-state index in [1.807, 2.05) is 6.92 Å². The first-order valence-electron chi connectivity index (χ1n) is 6.50. The van der Waals surface area contributed by atoms with E-state index in [1.54, 1.807) is 12.1 Å². The molecule has 0 bridgehead atoms. The van der Waals surface area contributed by atoms with E-state index in [2.05, 4.69) is 0 Å². The van der Waals surface area contributed by atoms with Crippen molar-refractivity contribution in [2.24, 2.45) is 5.73 Å². The Hall–Kier alpha value is -1.03. The molecule has 118 valence electrons. The highest BCUT2D eigenvalue weighted by Gasteiger charge is 2.37. The van der Waals surface area contributed by atoms with Gasteiger partial charge >= 0.3 is 0 Å². The van der Waals surface area contributed by atoms with Gasteiger partial charge in [0.05, 0.1) is 30.3 Å². The first kappa shape index (κ1) is 16.3. The van der Waals surface area contributed by atoms with Gasteiger partial charge in [0, 0.05) is 0 Å². The Morgan fingerprint density at radius 3 is 2.52 bits per heavy atom. The molecule has 8 heteroatoms. The summed E-state index contributed by atoms with van der Waals surface area (Å²) in [4.78, 5) is 0.0237. The SMILES string of the molecule is Cc1ccc(S(=O)(=O)OC[C@H]2OC[C@@H](N)[C@@H](O)[C@@H]2O)cc1. The summed E-state index contributed by atoms with van der Waals surface area (Å²) in [5.41, 5.74) is 6.45. The largest absolute Gasteiger partial charge is 0.389 e. The van der Waals surface area contributed by atoms with E-state index < -0.39 is 34.5 Å². The normalized spacial score (nSPS) is 30.3. The van der Waals surface area contributed by atoms with Gasteiger partial charge in [0.2, 0.25) is 0 Å². The lowest BCUT2D eigenvalue weighted by Crippen LogP contribution is -2.57. The molecule has 1 aliphatic heterocycles. The maximum Gasteiger partial charge on any atom is 0.297 e. The van der Waals surface area contributed by atoms with E-state index in [0.717, 1.165) is 5.56 Å². The summed E-state index contributed by atoms with van der Waals surface area (Å²) in [5, 5.41) is 19.4. The number of aliphatic hydroxyl groups is 2. The minimum Gasteiger partial charge on any atom is -0.389 e. The lowest BCUT2D eigenvalue weighted by atomic mass is 9.99. The molecular weight excluding hydrogens is 298 g/mol. The number of aryl methyl sites for hydroxylation is 1. The van der Waals surface area contributed by atoms with E-state index in [4.69, 9.17) is 14.7 Å². The highest BCUT2D eigenvalue weighted by molar-refractivity contribution is 7.86. The molecule has 0 aromatic heterocycles. The monoisotopic (exact) mass is 317 g/mol. The number of aliphatic hydroxyl groups excluding tert-OH is 2. The van der Waals surface area contributed by atoms with E-state index in [0.29, 0.717) is 0 Å². The predicted molar refractivity (Wildman–Crippen MR) is 74.0 cm³/mol. The van der Waals surface area contributed by atoms with Gasteiger partial charge in [-0.15, -0.1) is 0 Å². The second kappa shape index (κ2) is 6.39. The summed E-state index contributed by atoms with van der Waals surface area (Å²) < 4.78 is 34.1. The minimum absolute atomic E-state index is 0.0237. The number of hydrogen-bond donors (Lipinski definition) is 3. The molecular formula is C13H19NO6S. The van der Waals surface area contributed by atoms with E-state index in [1.165, 1.54) is 12.1 Å². The molecule has 1 saturated heterocycles. The van der Waals surface area contributed by atoms with Crippen molar-refractivity contribution < 1.29 is 27.6 Å². The van der Waals surface area contributed by atoms with Gasteiger partial charge in [-0.25, -0.2) is 0 Å². The Morgan fingerprint density at radius 2 is 1.90 bits per heavy atom. The quantitative estimate of drug-likeness (QED) is 0.619. The summed E-state index contributed by atoms with van der Waals surface area (Å²) in [6, 6.07) is 5.49. The lowest BCUT2D eigenvalue weighted by molar-refractivity contribution is -0.152. The average molecular weight is 317 g/mol. The molecule has 1 heterocycles. The van der Waals surface area contributed by atoms with Crippen LogP contribution in [0.4, 0.5) is 0 Å². The Labute approximate surface area is 123 Å². The van der Waals surface area contributed by atoms with Crippen molar-refractivity contribution in [1.82, 2.24) is 0 Å². The summed E-state index contributed by atoms with van der Waals surface area (Å²) in [7, 11) is -3.93. The highest BCUT2D eigenvalue weighted by Crippen LogP contribution is 2.18. The van der Waals surface area contributed by atoms with Crippen LogP contribution in [0.1, 0.15) is 5.56 Å². The molecule has 21 heavy (non-hydrogen) atoms. The highest BCUT2D eigenvalue weighted by atomic mass is 32.2. The number of rotatable bonds is 4. The first-order valence-corrected chi connectivity index (χ1v) is 7.91. The zero-order valence-electron chi connectivity index (χ0n) is 11.5. The van der Waals surface area contributed by atoms with Crippen LogP contribution in [-0.2, 0) is 19.0 Å². The van der Waals surface area contributed by atoms with Crippen LogP contribution in [-0.4, -0.2) is 56.2 Å². The van der Waals surface area contributed by atoms with Crippen LogP contribution in [0.3, 0.4) is 0 Å². The van der Waals surface area contributed by atoms with Gasteiger partial charge in [-0.3, -0.25) is 4.18 Å². The molecule has 7 nitrogen and oxygen atoms in total. The molecule has 2 rings (SSSR count). The first-order chi connectivity index (χ1) is 9.81. The fourth-order valence-corrected chi connectivity index (χ4v) is 2.90. The van der Waals surface area contributed by atoms with Crippen molar-refractivity contribution in [1.29, 1.82) is 0 Å². The topological polar surface area (TPSA) is 119 Å². The number of benzene rings is 1. The van der Waals surface area contributed by atoms with E-state index >= 15 is 0 Å². The Bertz CT molecular complexity index is 573. The Kier molecular flexibility index (Phi) is 4.97. The third-order valence-electron chi connectivity index (χ3n) is 3.37. The second-order valence-corrected chi connectivity index (χ2v) is 6.68. The van der Waals surface area contributed by atoms with Crippen LogP contribution >= 0.6 is 0 Å². The lowest BCUT2D eigenvalue weighted by Gasteiger charge is -2.35. The molecule has 0 saturated carbocycles. The molecule has 0 unspecified atom stereocenters. The van der Waals surface area contributed by atoms with Crippen LogP contribution in [0.15, 0.2) is 29.2 Å². The molecule has 1 aromatic carbocycles. The van der Waals surface area contributed by atoms with Crippen LogP contribution in [0.25, 0.3) is 0 Å². The van der Waals surface area contributed by atoms with Crippen LogP contribution in [0, 0.1) is 6.92 Å². The summed E-state index contributed by atoms with van der Waals surface area (Å²) >= 11 is 0. The molecule has 4 atom stereocenters. The maximum atomic E-state index is 12.0. The van der Waals surface area contributed by atoms with Gasteiger partial charge in [0.25, 0.3) is 10.1 Å². The molecule has 0 aliphatic carbocycles. The van der Waals surface area contributed by atoms with Gasteiger partial charge in [-0.05, 0) is 19.1 Å². The fraction of sp³-hybridized carbons (Fsp3) is 0.538. The molecule has 1 aromatic rings. The molecule has 0 spiro atoms. The van der Waals surface area contributed by atoms with Gasteiger partial charge < -0.3 is 20.7 Å². The predicted octanol–water partition coefficient (Wildman–Crippen LogP) is -0.852. The van der Waals surface area contributed by atoms with Crippen molar-refractivity contribution in [3.05, 3.63) is 29.8 Å². The standard InChI is InChI=1S/C13H19NO6S/c1-8-2-4-9(5-3-8)21(17,18)20-7-11-13(16)12(15)10(14)6-19-11/h2-5,10-13,15-16H,6-7,14H2,1H3/t10-,11-,12-,13-/m1/s1. The fourth-order valence-electron chi connectivity index (χ4n) is 1.98. The molecule has 4 N–H and O–H groups in total. The van der Waals surface area contributed by atoms with Gasteiger partial charge in [0.1, 0.15) is 12.2 Å². The smallest absolute Gasteiger partial charge is 0.297 e. The summed E-state index contributed by atoms with van der Waals surface area (Å²) in [6.07, 6.45) is -3.41. The third-order valence-corrected chi connectivity index (χ3v) is 4.67. The number of ether oxygens (including phenoxy) is 1. The molecule has 0 amide bonds. The van der Waals surface area contributed by atoms with Crippen LogP contribution < -0.4 is 5.73 Å². The van der Waals surface area contributed by atoms with Crippen LogP contribution in [0.2, 0.25) is 0 Å². The van der Waals surface area contributed by atoms with Gasteiger partial charge in [0.15, 0.2) is 0 Å². The zero-order chi connectivity index (χ0) is 15.6. The van der Waals surface area contributed by atoms with E-state index in [-0.39, 0.29) is 18.1 Å². The zero-order valence-corrected chi connectivity index (χ0v) is 12.4. The number of hydrogen-bond acceptors (Lipinski definition) is 7. The Balaban J connectivity index is 2.00. The van der Waals surface area contributed by atoms with E-state index in [9.17, 15) is 18.6 Å². The van der Waals surface area contributed by atoms with Crippen molar-refractivity contribution >= 4 is 10.1 Å². The van der Waals surface area contributed by atoms with Gasteiger partial charge in [-0.2, -0.15) is 8.42 Å². The van der Waals surface area contributed by atoms with Crippen LogP contribution in [0.5, 0.6) is 0 Å². The molecule has 1 fully saturated rings. The van der Waals surface area contributed by atoms with Gasteiger partial charge in [-0.1, -0.05) is 17.7 Å². The minimum atomic E-state index is -3.93. The molecule has 0 radical (unpaired) electrons. The van der Waals surface area contributed by atoms with Crippen molar-refractivity contribution in [3.63, 3.8) is 0 Å². The van der Waals surface area contributed by atoms with Crippen molar-refractivity contribution in [2.45, 2.75) is 36.2 Å². The van der Waals surface area contributed by atoms with Crippen molar-refractivity contribution in [3.8, 4) is 0 Å². The summed E-state index contributed by atoms with van der Waals surface area (Å²) in [5.74, 6) is 0. The number of nitrogens with two attached hydrogens (primary N) is 1. The Morgan fingerprint density at radius 1 is 1.29 bits per heavy atom. The average Bonchev–Trinajstić information content (AvgIpc) is 2.44. The van der Waals surface area contributed by atoms with Crippen molar-refractivity contribution in [2.75, 3.05) is 13.2 Å². The molecule has 1 aliphatic rings. The maximum absolute atomic E-state index is 12.0. The third kappa shape index (κ3) is 3.79. The summed E-state index contributed by atoms with van der Waals surface area (Å²) in [6.45, 7) is 1.48. The second-order valence-electron chi connectivity index (χ2n) is 5.07.